The van der Waals surface area contributed by atoms with Gasteiger partial charge in [0, 0.05) is 11.8 Å². The third kappa shape index (κ3) is 8.94. The van der Waals surface area contributed by atoms with Gasteiger partial charge in [-0.2, -0.15) is 0 Å². The summed E-state index contributed by atoms with van der Waals surface area (Å²) in [7, 11) is 0. The van der Waals surface area contributed by atoms with Crippen molar-refractivity contribution in [3.8, 4) is 0 Å². The van der Waals surface area contributed by atoms with Crippen LogP contribution in [0.3, 0.4) is 0 Å². The third-order valence-electron chi connectivity index (χ3n) is 5.90. The van der Waals surface area contributed by atoms with Crippen LogP contribution in [-0.4, -0.2) is 29.6 Å². The Labute approximate surface area is 219 Å². The molecule has 0 spiro atoms. The number of nitrogens with one attached hydrogen (secondary N) is 1. The van der Waals surface area contributed by atoms with Crippen molar-refractivity contribution in [2.24, 2.45) is 5.92 Å². The Morgan fingerprint density at radius 3 is 2.63 bits per heavy atom. The van der Waals surface area contributed by atoms with Gasteiger partial charge in [0.05, 0.1) is 10.8 Å². The maximum atomic E-state index is 13.0. The van der Waals surface area contributed by atoms with Crippen LogP contribution in [0.15, 0.2) is 64.5 Å². The molecule has 0 radical (unpaired) electrons. The molecule has 0 saturated heterocycles. The summed E-state index contributed by atoms with van der Waals surface area (Å²) in [5.74, 6) is 0.723. The van der Waals surface area contributed by atoms with E-state index in [1.54, 1.807) is 11.8 Å². The van der Waals surface area contributed by atoms with Crippen molar-refractivity contribution in [1.82, 2.24) is 5.48 Å². The second-order valence-electron chi connectivity index (χ2n) is 8.64. The van der Waals surface area contributed by atoms with Crippen LogP contribution in [0.2, 0.25) is 0 Å². The first-order valence-corrected chi connectivity index (χ1v) is 14.4. The molecule has 1 heterocycles. The maximum absolute atomic E-state index is 13.0. The molecule has 0 aliphatic heterocycles. The lowest BCUT2D eigenvalue weighted by molar-refractivity contribution is 0.0530. The molecule has 35 heavy (non-hydrogen) atoms. The Balaban J connectivity index is 2.42. The minimum atomic E-state index is -0.245. The van der Waals surface area contributed by atoms with E-state index in [0.29, 0.717) is 17.9 Å². The summed E-state index contributed by atoms with van der Waals surface area (Å²) >= 11 is 3.25. The predicted molar refractivity (Wildman–Crippen MR) is 151 cm³/mol. The fourth-order valence-corrected chi connectivity index (χ4v) is 6.69. The summed E-state index contributed by atoms with van der Waals surface area (Å²) in [4.78, 5) is 13.7. The summed E-state index contributed by atoms with van der Waals surface area (Å²) in [5.41, 5.74) is 7.12. The number of hydrogen-bond donors (Lipinski definition) is 2. The van der Waals surface area contributed by atoms with Crippen LogP contribution in [0.25, 0.3) is 0 Å². The topological polar surface area (TPSA) is 58.6 Å². The molecule has 0 aromatic carbocycles. The van der Waals surface area contributed by atoms with E-state index >= 15 is 0 Å². The quantitative estimate of drug-likeness (QED) is 0.0699. The zero-order chi connectivity index (χ0) is 25.6. The lowest BCUT2D eigenvalue weighted by Gasteiger charge is -2.21. The molecular weight excluding hydrogens is 474 g/mol. The molecule has 0 amide bonds. The number of allylic oxidation sites excluding steroid dienone is 8. The monoisotopic (exact) mass is 515 g/mol. The molecular formula is C29H41NO3S2. The number of esters is 1. The summed E-state index contributed by atoms with van der Waals surface area (Å²) in [6.07, 6.45) is 20.1. The van der Waals surface area contributed by atoms with Crippen molar-refractivity contribution >= 4 is 29.1 Å². The SMILES string of the molecule is C=C(/C=C\C/C=C\C)CSc1sc(C(=O)OCC)c2c1CC(NO)CC(C(/C=C\CC)=C/CC)C2. The Hall–Kier alpha value is -1.86. The van der Waals surface area contributed by atoms with Crippen LogP contribution in [0.1, 0.15) is 74.2 Å². The first kappa shape index (κ1) is 29.4. The van der Waals surface area contributed by atoms with Crippen LogP contribution in [0.5, 0.6) is 0 Å². The Morgan fingerprint density at radius 1 is 1.17 bits per heavy atom. The van der Waals surface area contributed by atoms with Crippen LogP contribution < -0.4 is 5.48 Å². The van der Waals surface area contributed by atoms with Crippen molar-refractivity contribution in [3.05, 3.63) is 76.3 Å². The number of ether oxygens (including phenoxy) is 1. The first-order chi connectivity index (χ1) is 17.0. The van der Waals surface area contributed by atoms with Gasteiger partial charge in [-0.25, -0.2) is 10.3 Å². The smallest absolute Gasteiger partial charge is 0.348 e. The number of carbonyl (C=O) groups excluding carboxylic acids is 1. The molecule has 0 saturated carbocycles. The average Bonchev–Trinajstić information content (AvgIpc) is 3.06. The molecule has 2 atom stereocenters. The molecule has 4 nitrogen and oxygen atoms in total. The molecule has 1 aromatic heterocycles. The summed E-state index contributed by atoms with van der Waals surface area (Å²) in [5, 5.41) is 9.99. The third-order valence-corrected chi connectivity index (χ3v) is 8.58. The van der Waals surface area contributed by atoms with Gasteiger partial charge in [0.1, 0.15) is 4.88 Å². The molecule has 0 bridgehead atoms. The predicted octanol–water partition coefficient (Wildman–Crippen LogP) is 7.85. The van der Waals surface area contributed by atoms with Crippen molar-refractivity contribution in [2.45, 2.75) is 76.5 Å². The van der Waals surface area contributed by atoms with Gasteiger partial charge in [0.2, 0.25) is 0 Å². The number of thioether (sulfide) groups is 1. The Kier molecular flexibility index (Phi) is 13.4. The number of hydrogen-bond acceptors (Lipinski definition) is 6. The number of thiophene rings is 1. The second-order valence-corrected chi connectivity index (χ2v) is 10.9. The van der Waals surface area contributed by atoms with E-state index in [4.69, 9.17) is 4.74 Å². The van der Waals surface area contributed by atoms with Gasteiger partial charge >= 0.3 is 5.97 Å². The van der Waals surface area contributed by atoms with Gasteiger partial charge in [0.25, 0.3) is 0 Å². The van der Waals surface area contributed by atoms with Crippen LogP contribution >= 0.6 is 23.1 Å². The first-order valence-electron chi connectivity index (χ1n) is 12.6. The van der Waals surface area contributed by atoms with Gasteiger partial charge in [-0.15, -0.1) is 23.1 Å². The molecule has 6 heteroatoms. The van der Waals surface area contributed by atoms with Crippen molar-refractivity contribution in [3.63, 3.8) is 0 Å². The zero-order valence-electron chi connectivity index (χ0n) is 21.6. The standard InChI is InChI=1S/C29H41NO3S2/c1-6-10-12-13-15-21(5)20-34-29-26-19-24(30-32)17-23(22(14-8-3)16-11-7-2)18-25(26)27(35-29)28(31)33-9-4/h6,10-11,13-16,23-24,30,32H,5,7-9,12,17-20H2,1-4H3/b10-6-,15-13-,16-11-,22-14+. The summed E-state index contributed by atoms with van der Waals surface area (Å²) in [6.45, 7) is 12.7. The lowest BCUT2D eigenvalue weighted by atomic mass is 9.87. The van der Waals surface area contributed by atoms with Gasteiger partial charge in [-0.05, 0) is 80.6 Å². The van der Waals surface area contributed by atoms with Gasteiger partial charge in [-0.3, -0.25) is 0 Å². The van der Waals surface area contributed by atoms with Crippen LogP contribution in [-0.2, 0) is 17.6 Å². The minimum absolute atomic E-state index is 0.0792. The molecule has 1 aliphatic carbocycles. The van der Waals surface area contributed by atoms with E-state index in [2.05, 4.69) is 62.4 Å². The molecule has 2 N–H and O–H groups in total. The largest absolute Gasteiger partial charge is 0.462 e. The van der Waals surface area contributed by atoms with E-state index in [9.17, 15) is 10.0 Å². The van der Waals surface area contributed by atoms with Gasteiger partial charge in [0.15, 0.2) is 0 Å². The minimum Gasteiger partial charge on any atom is -0.462 e. The Morgan fingerprint density at radius 2 is 1.97 bits per heavy atom. The van der Waals surface area contributed by atoms with Gasteiger partial charge < -0.3 is 9.94 Å². The average molecular weight is 516 g/mol. The van der Waals surface area contributed by atoms with Crippen molar-refractivity contribution in [1.29, 1.82) is 0 Å². The molecule has 192 valence electrons. The van der Waals surface area contributed by atoms with E-state index in [1.807, 2.05) is 19.9 Å². The second kappa shape index (κ2) is 16.0. The number of carbonyl (C=O) groups is 1. The highest BCUT2D eigenvalue weighted by molar-refractivity contribution is 8.01. The van der Waals surface area contributed by atoms with E-state index in [0.717, 1.165) is 58.8 Å². The molecule has 2 unspecified atom stereocenters. The van der Waals surface area contributed by atoms with E-state index in [1.165, 1.54) is 16.9 Å². The van der Waals surface area contributed by atoms with Crippen LogP contribution in [0, 0.1) is 5.92 Å². The highest BCUT2D eigenvalue weighted by Crippen LogP contribution is 2.43. The van der Waals surface area contributed by atoms with Crippen molar-refractivity contribution in [2.75, 3.05) is 12.4 Å². The Bertz CT molecular complexity index is 955. The highest BCUT2D eigenvalue weighted by atomic mass is 32.2. The number of hydroxylamine groups is 1. The van der Waals surface area contributed by atoms with Crippen LogP contribution in [0.4, 0.5) is 0 Å². The zero-order valence-corrected chi connectivity index (χ0v) is 23.3. The highest BCUT2D eigenvalue weighted by Gasteiger charge is 2.32. The normalized spacial score (nSPS) is 18.9. The van der Waals surface area contributed by atoms with Gasteiger partial charge in [-0.1, -0.05) is 63.0 Å². The van der Waals surface area contributed by atoms with Crippen molar-refractivity contribution < 1.29 is 14.7 Å². The van der Waals surface area contributed by atoms with E-state index < -0.39 is 0 Å². The van der Waals surface area contributed by atoms with E-state index in [-0.39, 0.29) is 17.9 Å². The molecule has 1 aliphatic rings. The number of rotatable bonds is 13. The number of fused-ring (bicyclic) bond motifs is 1. The lowest BCUT2D eigenvalue weighted by Crippen LogP contribution is -2.30. The molecule has 2 rings (SSSR count). The molecule has 1 aromatic rings. The fourth-order valence-electron chi connectivity index (χ4n) is 4.25. The summed E-state index contributed by atoms with van der Waals surface area (Å²) in [6, 6.07) is -0.0792. The summed E-state index contributed by atoms with van der Waals surface area (Å²) < 4.78 is 6.57. The molecule has 0 fully saturated rings. The fraction of sp³-hybridized carbons (Fsp3) is 0.483. The maximum Gasteiger partial charge on any atom is 0.348 e.